The molecule has 2 heteroatoms. The first-order valence-electron chi connectivity index (χ1n) is 4.53. The van der Waals surface area contributed by atoms with Crippen LogP contribution in [0, 0.1) is 0 Å². The zero-order valence-electron chi connectivity index (χ0n) is 7.51. The molecule has 0 bridgehead atoms. The summed E-state index contributed by atoms with van der Waals surface area (Å²) in [6.45, 7) is 0. The first-order valence-corrected chi connectivity index (χ1v) is 4.53. The van der Waals surface area contributed by atoms with Crippen LogP contribution in [-0.4, -0.2) is 9.51 Å². The van der Waals surface area contributed by atoms with Crippen LogP contribution in [0.4, 0.5) is 0 Å². The van der Waals surface area contributed by atoms with Crippen LogP contribution in [0.15, 0.2) is 48.8 Å². The van der Waals surface area contributed by atoms with Gasteiger partial charge in [-0.05, 0) is 12.1 Å². The molecule has 68 valence electrons. The largest absolute Gasteiger partial charge is 0.506 e. The standard InChI is InChI=1S/C12H9NO/c14-12-8-13-7-3-6-11(13)9-4-1-2-5-10(9)12/h1-8,14H. The van der Waals surface area contributed by atoms with E-state index in [2.05, 4.69) is 0 Å². The molecule has 2 nitrogen and oxygen atoms in total. The van der Waals surface area contributed by atoms with Crippen molar-refractivity contribution in [3.63, 3.8) is 0 Å². The minimum atomic E-state index is 0.323. The maximum atomic E-state index is 9.77. The molecule has 0 radical (unpaired) electrons. The Hall–Kier alpha value is -1.96. The molecule has 1 N–H and O–H groups in total. The van der Waals surface area contributed by atoms with E-state index in [1.807, 2.05) is 47.0 Å². The number of hydrogen-bond acceptors (Lipinski definition) is 1. The summed E-state index contributed by atoms with van der Waals surface area (Å²) in [7, 11) is 0. The van der Waals surface area contributed by atoms with Gasteiger partial charge in [-0.2, -0.15) is 0 Å². The third kappa shape index (κ3) is 0.852. The maximum Gasteiger partial charge on any atom is 0.140 e. The highest BCUT2D eigenvalue weighted by Gasteiger charge is 2.03. The summed E-state index contributed by atoms with van der Waals surface area (Å²) in [5.41, 5.74) is 1.12. The summed E-state index contributed by atoms with van der Waals surface area (Å²) in [6, 6.07) is 11.9. The lowest BCUT2D eigenvalue weighted by atomic mass is 10.1. The molecule has 0 aliphatic rings. The first-order chi connectivity index (χ1) is 6.86. The van der Waals surface area contributed by atoms with Gasteiger partial charge < -0.3 is 9.51 Å². The second-order valence-electron chi connectivity index (χ2n) is 3.36. The normalized spacial score (nSPS) is 11.1. The fourth-order valence-corrected chi connectivity index (χ4v) is 1.87. The van der Waals surface area contributed by atoms with E-state index >= 15 is 0 Å². The Morgan fingerprint density at radius 3 is 2.57 bits per heavy atom. The minimum absolute atomic E-state index is 0.323. The average Bonchev–Trinajstić information content (AvgIpc) is 2.66. The van der Waals surface area contributed by atoms with E-state index in [1.165, 1.54) is 0 Å². The second kappa shape index (κ2) is 2.51. The number of aromatic hydroxyl groups is 1. The number of hydrogen-bond donors (Lipinski definition) is 1. The Morgan fingerprint density at radius 2 is 1.71 bits per heavy atom. The van der Waals surface area contributed by atoms with Crippen LogP contribution < -0.4 is 0 Å². The van der Waals surface area contributed by atoms with Crippen molar-refractivity contribution in [1.29, 1.82) is 0 Å². The highest BCUT2D eigenvalue weighted by molar-refractivity contribution is 5.99. The number of aromatic nitrogens is 1. The molecule has 2 aromatic heterocycles. The van der Waals surface area contributed by atoms with Gasteiger partial charge in [-0.25, -0.2) is 0 Å². The molecule has 0 fully saturated rings. The van der Waals surface area contributed by atoms with Crippen LogP contribution in [0.2, 0.25) is 0 Å². The van der Waals surface area contributed by atoms with Gasteiger partial charge in [0.2, 0.25) is 0 Å². The van der Waals surface area contributed by atoms with E-state index in [9.17, 15) is 5.11 Å². The number of nitrogens with zero attached hydrogens (tertiary/aromatic N) is 1. The zero-order chi connectivity index (χ0) is 9.54. The lowest BCUT2D eigenvalue weighted by Crippen LogP contribution is -1.83. The van der Waals surface area contributed by atoms with E-state index in [-0.39, 0.29) is 0 Å². The number of rotatable bonds is 0. The van der Waals surface area contributed by atoms with Crippen molar-refractivity contribution in [2.75, 3.05) is 0 Å². The van der Waals surface area contributed by atoms with Crippen LogP contribution in [-0.2, 0) is 0 Å². The Kier molecular flexibility index (Phi) is 1.34. The molecular formula is C12H9NO. The molecule has 0 saturated carbocycles. The van der Waals surface area contributed by atoms with Crippen LogP contribution in [0.5, 0.6) is 5.75 Å². The third-order valence-electron chi connectivity index (χ3n) is 2.52. The maximum absolute atomic E-state index is 9.77. The zero-order valence-corrected chi connectivity index (χ0v) is 7.51. The van der Waals surface area contributed by atoms with Gasteiger partial charge in [-0.1, -0.05) is 24.3 Å². The summed E-state index contributed by atoms with van der Waals surface area (Å²) in [6.07, 6.45) is 3.67. The summed E-state index contributed by atoms with van der Waals surface area (Å²) < 4.78 is 1.93. The number of benzene rings is 1. The first kappa shape index (κ1) is 7.44. The molecule has 0 unspecified atom stereocenters. The summed E-state index contributed by atoms with van der Waals surface area (Å²) in [5.74, 6) is 0.323. The predicted molar refractivity (Wildman–Crippen MR) is 56.6 cm³/mol. The van der Waals surface area contributed by atoms with Gasteiger partial charge in [-0.3, -0.25) is 0 Å². The van der Waals surface area contributed by atoms with E-state index in [0.717, 1.165) is 16.3 Å². The Bertz CT molecular complexity index is 610. The molecule has 1 aromatic carbocycles. The molecule has 0 amide bonds. The second-order valence-corrected chi connectivity index (χ2v) is 3.36. The van der Waals surface area contributed by atoms with Gasteiger partial charge in [0, 0.05) is 17.0 Å². The summed E-state index contributed by atoms with van der Waals surface area (Å²) >= 11 is 0. The lowest BCUT2D eigenvalue weighted by molar-refractivity contribution is 0.478. The van der Waals surface area contributed by atoms with Crippen LogP contribution in [0.1, 0.15) is 0 Å². The molecule has 14 heavy (non-hydrogen) atoms. The smallest absolute Gasteiger partial charge is 0.140 e. The van der Waals surface area contributed by atoms with Crippen molar-refractivity contribution >= 4 is 16.3 Å². The fraction of sp³-hybridized carbons (Fsp3) is 0. The SMILES string of the molecule is Oc1cn2cccc2c2ccccc12. The van der Waals surface area contributed by atoms with Crippen molar-refractivity contribution in [2.45, 2.75) is 0 Å². The minimum Gasteiger partial charge on any atom is -0.506 e. The van der Waals surface area contributed by atoms with Crippen LogP contribution >= 0.6 is 0 Å². The summed E-state index contributed by atoms with van der Waals surface area (Å²) in [5, 5.41) is 11.7. The average molecular weight is 183 g/mol. The quantitative estimate of drug-likeness (QED) is 0.569. The Balaban J connectivity index is 2.67. The Morgan fingerprint density at radius 1 is 0.929 bits per heavy atom. The third-order valence-corrected chi connectivity index (χ3v) is 2.52. The van der Waals surface area contributed by atoms with Crippen molar-refractivity contribution < 1.29 is 5.11 Å². The molecule has 3 rings (SSSR count). The molecule has 0 spiro atoms. The Labute approximate surface area is 81.0 Å². The van der Waals surface area contributed by atoms with Gasteiger partial charge in [0.25, 0.3) is 0 Å². The van der Waals surface area contributed by atoms with Crippen molar-refractivity contribution in [3.05, 3.63) is 48.8 Å². The lowest BCUT2D eigenvalue weighted by Gasteiger charge is -2.03. The highest BCUT2D eigenvalue weighted by atomic mass is 16.3. The molecule has 0 saturated heterocycles. The fourth-order valence-electron chi connectivity index (χ4n) is 1.87. The van der Waals surface area contributed by atoms with Crippen molar-refractivity contribution in [3.8, 4) is 5.75 Å². The topological polar surface area (TPSA) is 24.6 Å². The van der Waals surface area contributed by atoms with Crippen molar-refractivity contribution in [1.82, 2.24) is 4.40 Å². The molecule has 0 atom stereocenters. The van der Waals surface area contributed by atoms with Gasteiger partial charge in [0.1, 0.15) is 5.75 Å². The van der Waals surface area contributed by atoms with Crippen LogP contribution in [0.3, 0.4) is 0 Å². The molecular weight excluding hydrogens is 174 g/mol. The van der Waals surface area contributed by atoms with Gasteiger partial charge in [0.05, 0.1) is 11.7 Å². The molecule has 2 heterocycles. The summed E-state index contributed by atoms with van der Waals surface area (Å²) in [4.78, 5) is 0. The van der Waals surface area contributed by atoms with E-state index in [4.69, 9.17) is 0 Å². The highest BCUT2D eigenvalue weighted by Crippen LogP contribution is 2.27. The predicted octanol–water partition coefficient (Wildman–Crippen LogP) is 2.80. The van der Waals surface area contributed by atoms with E-state index in [1.54, 1.807) is 6.20 Å². The van der Waals surface area contributed by atoms with E-state index < -0.39 is 0 Å². The number of fused-ring (bicyclic) bond motifs is 3. The van der Waals surface area contributed by atoms with Gasteiger partial charge >= 0.3 is 0 Å². The monoisotopic (exact) mass is 183 g/mol. The molecule has 0 aliphatic carbocycles. The van der Waals surface area contributed by atoms with Gasteiger partial charge in [-0.15, -0.1) is 0 Å². The molecule has 0 aliphatic heterocycles. The van der Waals surface area contributed by atoms with Crippen LogP contribution in [0.25, 0.3) is 16.3 Å². The number of pyridine rings is 1. The van der Waals surface area contributed by atoms with Crippen molar-refractivity contribution in [2.24, 2.45) is 0 Å². The molecule has 3 aromatic rings. The van der Waals surface area contributed by atoms with Gasteiger partial charge in [0.15, 0.2) is 0 Å². The van der Waals surface area contributed by atoms with E-state index in [0.29, 0.717) is 5.75 Å².